The molecule has 3 aromatic rings. The summed E-state index contributed by atoms with van der Waals surface area (Å²) in [5.41, 5.74) is 3.09. The van der Waals surface area contributed by atoms with E-state index in [9.17, 15) is 5.26 Å². The number of benzene rings is 1. The minimum Gasteiger partial charge on any atom is -0.367 e. The first-order valence-corrected chi connectivity index (χ1v) is 9.47. The Morgan fingerprint density at radius 3 is 2.58 bits per heavy atom. The summed E-state index contributed by atoms with van der Waals surface area (Å²) >= 11 is 14.1. The molecule has 1 aromatic carbocycles. The van der Waals surface area contributed by atoms with Gasteiger partial charge in [-0.25, -0.2) is 0 Å². The molecular weight excluding hydrogens is 387 g/mol. The maximum Gasteiger partial charge on any atom is 0.139 e. The van der Waals surface area contributed by atoms with E-state index >= 15 is 0 Å². The van der Waals surface area contributed by atoms with Gasteiger partial charge in [0.05, 0.1) is 21.9 Å². The Balaban J connectivity index is 2.02. The number of aliphatic imine (C=N–C) groups is 1. The molecule has 1 N–H and O–H groups in total. The van der Waals surface area contributed by atoms with Crippen LogP contribution < -0.4 is 5.32 Å². The maximum atomic E-state index is 9.94. The van der Waals surface area contributed by atoms with Crippen LogP contribution in [0.4, 0.5) is 0 Å². The van der Waals surface area contributed by atoms with Crippen molar-refractivity contribution in [1.82, 2.24) is 10.3 Å². The predicted molar refractivity (Wildman–Crippen MR) is 107 cm³/mol. The van der Waals surface area contributed by atoms with Gasteiger partial charge in [0.2, 0.25) is 0 Å². The van der Waals surface area contributed by atoms with Gasteiger partial charge in [-0.1, -0.05) is 29.3 Å². The minimum absolute atomic E-state index is 0.507. The lowest BCUT2D eigenvalue weighted by Gasteiger charge is -2.08. The second-order valence-corrected chi connectivity index (χ2v) is 7.50. The molecule has 2 aromatic heterocycles. The number of nitrogens with zero attached hydrogens (tertiary/aromatic N) is 3. The quantitative estimate of drug-likeness (QED) is 0.674. The van der Waals surface area contributed by atoms with Crippen LogP contribution in [0.25, 0.3) is 21.6 Å². The molecule has 0 spiro atoms. The highest BCUT2D eigenvalue weighted by molar-refractivity contribution is 7.18. The molecule has 4 rings (SSSR count). The Kier molecular flexibility index (Phi) is 4.64. The van der Waals surface area contributed by atoms with Gasteiger partial charge in [0.25, 0.3) is 0 Å². The molecule has 1 aliphatic heterocycles. The Bertz CT molecular complexity index is 1050. The molecule has 0 amide bonds. The molecule has 0 saturated heterocycles. The fraction of sp³-hybridized carbons (Fsp3) is 0.105. The number of nitriles is 1. The number of rotatable bonds is 3. The van der Waals surface area contributed by atoms with Gasteiger partial charge in [-0.3, -0.25) is 9.98 Å². The lowest BCUT2D eigenvalue weighted by atomic mass is 9.98. The highest BCUT2D eigenvalue weighted by Crippen LogP contribution is 2.44. The van der Waals surface area contributed by atoms with Crippen molar-refractivity contribution < 1.29 is 0 Å². The molecule has 0 aliphatic carbocycles. The molecule has 3 heterocycles. The van der Waals surface area contributed by atoms with Crippen molar-refractivity contribution in [2.24, 2.45) is 4.99 Å². The molecule has 0 radical (unpaired) electrons. The van der Waals surface area contributed by atoms with Crippen LogP contribution in [0.3, 0.4) is 0 Å². The fourth-order valence-electron chi connectivity index (χ4n) is 2.91. The first-order chi connectivity index (χ1) is 12.7. The average Bonchev–Trinajstić information content (AvgIpc) is 3.30. The molecule has 0 bridgehead atoms. The van der Waals surface area contributed by atoms with Crippen LogP contribution in [0.15, 0.2) is 47.7 Å². The van der Waals surface area contributed by atoms with E-state index in [0.717, 1.165) is 38.8 Å². The molecule has 0 unspecified atom stereocenters. The van der Waals surface area contributed by atoms with Crippen LogP contribution in [-0.2, 0) is 0 Å². The van der Waals surface area contributed by atoms with Gasteiger partial charge in [0, 0.05) is 40.1 Å². The average molecular weight is 399 g/mol. The van der Waals surface area contributed by atoms with Crippen molar-refractivity contribution in [2.75, 3.05) is 13.1 Å². The topological polar surface area (TPSA) is 61.1 Å². The van der Waals surface area contributed by atoms with Crippen LogP contribution >= 0.6 is 34.5 Å². The number of amidine groups is 1. The van der Waals surface area contributed by atoms with E-state index in [-0.39, 0.29) is 0 Å². The van der Waals surface area contributed by atoms with Gasteiger partial charge < -0.3 is 5.32 Å². The number of nitrogens with one attached hydrogen (secondary N) is 1. The molecule has 0 atom stereocenters. The van der Waals surface area contributed by atoms with Crippen molar-refractivity contribution in [3.05, 3.63) is 63.2 Å². The second-order valence-electron chi connectivity index (χ2n) is 5.64. The fourth-order valence-corrected chi connectivity index (χ4v) is 4.67. The summed E-state index contributed by atoms with van der Waals surface area (Å²) in [6.45, 7) is 1.50. The van der Waals surface area contributed by atoms with Crippen LogP contribution in [-0.4, -0.2) is 23.9 Å². The van der Waals surface area contributed by atoms with Gasteiger partial charge in [0.15, 0.2) is 0 Å². The van der Waals surface area contributed by atoms with Gasteiger partial charge in [-0.2, -0.15) is 5.26 Å². The van der Waals surface area contributed by atoms with Crippen molar-refractivity contribution in [3.63, 3.8) is 0 Å². The first kappa shape index (κ1) is 17.0. The Hall–Kier alpha value is -2.39. The lowest BCUT2D eigenvalue weighted by molar-refractivity contribution is 0.961. The Labute approximate surface area is 164 Å². The summed E-state index contributed by atoms with van der Waals surface area (Å²) in [6.07, 6.45) is 3.44. The maximum absolute atomic E-state index is 9.94. The molecule has 0 fully saturated rings. The van der Waals surface area contributed by atoms with Gasteiger partial charge in [-0.05, 0) is 29.8 Å². The molecule has 26 heavy (non-hydrogen) atoms. The normalized spacial score (nSPS) is 13.2. The summed E-state index contributed by atoms with van der Waals surface area (Å²) in [7, 11) is 0. The zero-order valence-corrected chi connectivity index (χ0v) is 15.8. The van der Waals surface area contributed by atoms with Gasteiger partial charge in [0.1, 0.15) is 11.9 Å². The number of aromatic nitrogens is 1. The van der Waals surface area contributed by atoms with Crippen molar-refractivity contribution in [1.29, 1.82) is 5.26 Å². The molecular formula is C19H12Cl2N4S. The largest absolute Gasteiger partial charge is 0.367 e. The minimum atomic E-state index is 0.507. The Morgan fingerprint density at radius 2 is 1.92 bits per heavy atom. The Morgan fingerprint density at radius 1 is 1.12 bits per heavy atom. The smallest absolute Gasteiger partial charge is 0.139 e. The van der Waals surface area contributed by atoms with E-state index in [0.29, 0.717) is 22.2 Å². The van der Waals surface area contributed by atoms with Crippen molar-refractivity contribution in [3.8, 4) is 27.6 Å². The van der Waals surface area contributed by atoms with Crippen LogP contribution in [0.5, 0.6) is 0 Å². The van der Waals surface area contributed by atoms with E-state index in [2.05, 4.69) is 21.4 Å². The molecule has 128 valence electrons. The van der Waals surface area contributed by atoms with E-state index < -0.39 is 0 Å². The number of hydrogen-bond acceptors (Lipinski definition) is 5. The number of thiophene rings is 1. The highest BCUT2D eigenvalue weighted by Gasteiger charge is 2.26. The van der Waals surface area contributed by atoms with Crippen LogP contribution in [0, 0.1) is 11.3 Å². The number of hydrogen-bond donors (Lipinski definition) is 1. The first-order valence-electron chi connectivity index (χ1n) is 7.90. The second kappa shape index (κ2) is 7.08. The molecule has 7 heteroatoms. The molecule has 4 nitrogen and oxygen atoms in total. The standard InChI is InChI=1S/C19H12Cl2N4S/c20-12-1-2-13(15(21)9-12)16-14(10-22)17(11-3-5-23-6-4-11)26-18(16)19-24-7-8-25-19/h1-6,9H,7-8H2,(H,24,25). The van der Waals surface area contributed by atoms with Gasteiger partial charge in [-0.15, -0.1) is 11.3 Å². The monoisotopic (exact) mass is 398 g/mol. The highest BCUT2D eigenvalue weighted by atomic mass is 35.5. The number of halogens is 2. The third kappa shape index (κ3) is 2.97. The third-order valence-electron chi connectivity index (χ3n) is 4.05. The summed E-state index contributed by atoms with van der Waals surface area (Å²) in [6, 6.07) is 11.5. The summed E-state index contributed by atoms with van der Waals surface area (Å²) in [4.78, 5) is 10.4. The van der Waals surface area contributed by atoms with Gasteiger partial charge >= 0.3 is 0 Å². The zero-order valence-electron chi connectivity index (χ0n) is 13.5. The van der Waals surface area contributed by atoms with Crippen molar-refractivity contribution >= 4 is 40.4 Å². The third-order valence-corrected chi connectivity index (χ3v) is 5.85. The molecule has 1 aliphatic rings. The van der Waals surface area contributed by atoms with Crippen molar-refractivity contribution in [2.45, 2.75) is 0 Å². The van der Waals surface area contributed by atoms with Crippen LogP contribution in [0.1, 0.15) is 10.4 Å². The lowest BCUT2D eigenvalue weighted by Crippen LogP contribution is -2.19. The van der Waals surface area contributed by atoms with E-state index in [1.165, 1.54) is 11.3 Å². The predicted octanol–water partition coefficient (Wildman–Crippen LogP) is 5.01. The summed E-state index contributed by atoms with van der Waals surface area (Å²) in [5.74, 6) is 0.799. The molecule has 0 saturated carbocycles. The SMILES string of the molecule is N#Cc1c(-c2ccncc2)sc(C2=NCCN2)c1-c1ccc(Cl)cc1Cl. The summed E-state index contributed by atoms with van der Waals surface area (Å²) < 4.78 is 0. The number of pyridine rings is 1. The van der Waals surface area contributed by atoms with E-state index in [1.807, 2.05) is 18.2 Å². The van der Waals surface area contributed by atoms with E-state index in [4.69, 9.17) is 23.2 Å². The van der Waals surface area contributed by atoms with E-state index in [1.54, 1.807) is 24.5 Å². The van der Waals surface area contributed by atoms with Crippen LogP contribution in [0.2, 0.25) is 10.0 Å². The zero-order chi connectivity index (χ0) is 18.1. The summed E-state index contributed by atoms with van der Waals surface area (Å²) in [5, 5.41) is 14.3.